The third-order valence-corrected chi connectivity index (χ3v) is 5.27. The van der Waals surface area contributed by atoms with Gasteiger partial charge in [0.15, 0.2) is 0 Å². The lowest BCUT2D eigenvalue weighted by molar-refractivity contribution is -0.125. The summed E-state index contributed by atoms with van der Waals surface area (Å²) in [4.78, 5) is 11.9. The van der Waals surface area contributed by atoms with Crippen LogP contribution in [-0.2, 0) is 19.6 Å². The molecule has 1 heterocycles. The zero-order chi connectivity index (χ0) is 18.6. The molecule has 4 atom stereocenters. The first kappa shape index (κ1) is 19.8. The summed E-state index contributed by atoms with van der Waals surface area (Å²) in [5.41, 5.74) is 0. The van der Waals surface area contributed by atoms with Crippen LogP contribution in [0.1, 0.15) is 20.3 Å². The van der Waals surface area contributed by atoms with Crippen molar-refractivity contribution in [1.82, 2.24) is 10.0 Å². The average Bonchev–Trinajstić information content (AvgIpc) is 2.81. The average molecular weight is 372 g/mol. The molecule has 1 aromatic rings. The van der Waals surface area contributed by atoms with Crippen molar-refractivity contribution < 1.29 is 28.2 Å². The molecule has 1 saturated heterocycles. The van der Waals surface area contributed by atoms with Gasteiger partial charge in [0.05, 0.1) is 17.4 Å². The molecule has 2 rings (SSSR count). The predicted octanol–water partition coefficient (Wildman–Crippen LogP) is -0.631. The standard InChI is InChI=1S/C16H24N2O6S/c1-10(2)18-14(19)8-12-15(20)16(21)13(24-12)9-17-25(22,23)11-6-4-3-5-7-11/h3-7,10,12-13,15-17,20-21H,8-9H2,1-2H3,(H,18,19). The van der Waals surface area contributed by atoms with Crippen molar-refractivity contribution in [2.24, 2.45) is 0 Å². The Bertz CT molecular complexity index is 679. The number of hydrogen-bond acceptors (Lipinski definition) is 6. The molecule has 9 heteroatoms. The Morgan fingerprint density at radius 3 is 2.36 bits per heavy atom. The van der Waals surface area contributed by atoms with Crippen LogP contribution in [0, 0.1) is 0 Å². The molecule has 0 spiro atoms. The number of aliphatic hydroxyl groups excluding tert-OH is 2. The van der Waals surface area contributed by atoms with Gasteiger partial charge in [-0.1, -0.05) is 18.2 Å². The number of hydrogen-bond donors (Lipinski definition) is 4. The first-order valence-electron chi connectivity index (χ1n) is 8.06. The molecule has 1 amide bonds. The summed E-state index contributed by atoms with van der Waals surface area (Å²) in [6, 6.07) is 7.74. The molecular formula is C16H24N2O6S. The summed E-state index contributed by atoms with van der Waals surface area (Å²) in [6.45, 7) is 3.40. The van der Waals surface area contributed by atoms with Crippen LogP contribution >= 0.6 is 0 Å². The Balaban J connectivity index is 1.94. The maximum atomic E-state index is 12.2. The zero-order valence-corrected chi connectivity index (χ0v) is 14.9. The van der Waals surface area contributed by atoms with E-state index < -0.39 is 34.4 Å². The Morgan fingerprint density at radius 1 is 1.16 bits per heavy atom. The van der Waals surface area contributed by atoms with Gasteiger partial charge in [0, 0.05) is 12.6 Å². The minimum atomic E-state index is -3.75. The smallest absolute Gasteiger partial charge is 0.240 e. The van der Waals surface area contributed by atoms with Gasteiger partial charge >= 0.3 is 0 Å². The molecule has 1 fully saturated rings. The highest BCUT2D eigenvalue weighted by Gasteiger charge is 2.43. The van der Waals surface area contributed by atoms with E-state index in [1.165, 1.54) is 12.1 Å². The lowest BCUT2D eigenvalue weighted by Crippen LogP contribution is -2.40. The normalized spacial score (nSPS) is 26.8. The van der Waals surface area contributed by atoms with E-state index in [9.17, 15) is 23.4 Å². The van der Waals surface area contributed by atoms with Crippen molar-refractivity contribution in [3.05, 3.63) is 30.3 Å². The largest absolute Gasteiger partial charge is 0.388 e. The van der Waals surface area contributed by atoms with Gasteiger partial charge < -0.3 is 20.3 Å². The van der Waals surface area contributed by atoms with E-state index in [0.29, 0.717) is 0 Å². The van der Waals surface area contributed by atoms with Crippen LogP contribution in [0.3, 0.4) is 0 Å². The fourth-order valence-corrected chi connectivity index (χ4v) is 3.67. The van der Waals surface area contributed by atoms with Crippen LogP contribution in [-0.4, -0.2) is 61.5 Å². The number of ether oxygens (including phenoxy) is 1. The molecule has 1 aliphatic heterocycles. The molecule has 1 aromatic carbocycles. The van der Waals surface area contributed by atoms with Gasteiger partial charge in [-0.15, -0.1) is 0 Å². The number of nitrogens with one attached hydrogen (secondary N) is 2. The molecule has 0 radical (unpaired) electrons. The second-order valence-electron chi connectivity index (χ2n) is 6.29. The highest BCUT2D eigenvalue weighted by atomic mass is 32.2. The van der Waals surface area contributed by atoms with Crippen molar-refractivity contribution >= 4 is 15.9 Å². The van der Waals surface area contributed by atoms with Crippen molar-refractivity contribution in [3.8, 4) is 0 Å². The van der Waals surface area contributed by atoms with Gasteiger partial charge in [-0.3, -0.25) is 4.79 Å². The van der Waals surface area contributed by atoms with E-state index in [1.807, 2.05) is 0 Å². The Morgan fingerprint density at radius 2 is 1.76 bits per heavy atom. The summed E-state index contributed by atoms with van der Waals surface area (Å²) in [6.07, 6.45) is -4.48. The summed E-state index contributed by atoms with van der Waals surface area (Å²) in [5, 5.41) is 22.7. The molecule has 4 unspecified atom stereocenters. The van der Waals surface area contributed by atoms with E-state index >= 15 is 0 Å². The zero-order valence-electron chi connectivity index (χ0n) is 14.1. The molecule has 4 N–H and O–H groups in total. The topological polar surface area (TPSA) is 125 Å². The summed E-state index contributed by atoms with van der Waals surface area (Å²) in [7, 11) is -3.75. The quantitative estimate of drug-likeness (QED) is 0.505. The highest BCUT2D eigenvalue weighted by Crippen LogP contribution is 2.23. The molecule has 0 aromatic heterocycles. The summed E-state index contributed by atoms with van der Waals surface area (Å²) >= 11 is 0. The molecule has 25 heavy (non-hydrogen) atoms. The van der Waals surface area contributed by atoms with Gasteiger partial charge in [-0.2, -0.15) is 0 Å². The Kier molecular flexibility index (Phi) is 6.53. The van der Waals surface area contributed by atoms with E-state index in [1.54, 1.807) is 32.0 Å². The van der Waals surface area contributed by atoms with Crippen LogP contribution in [0.25, 0.3) is 0 Å². The van der Waals surface area contributed by atoms with Gasteiger partial charge in [0.2, 0.25) is 15.9 Å². The van der Waals surface area contributed by atoms with Crippen molar-refractivity contribution in [2.75, 3.05) is 6.54 Å². The second kappa shape index (κ2) is 8.24. The van der Waals surface area contributed by atoms with E-state index in [4.69, 9.17) is 4.74 Å². The van der Waals surface area contributed by atoms with Gasteiger partial charge in [-0.25, -0.2) is 13.1 Å². The van der Waals surface area contributed by atoms with E-state index in [2.05, 4.69) is 10.0 Å². The molecule has 140 valence electrons. The van der Waals surface area contributed by atoms with Gasteiger partial charge in [0.25, 0.3) is 0 Å². The number of benzene rings is 1. The third-order valence-electron chi connectivity index (χ3n) is 3.83. The number of aliphatic hydroxyl groups is 2. The Labute approximate surface area is 147 Å². The summed E-state index contributed by atoms with van der Waals surface area (Å²) < 4.78 is 32.2. The maximum absolute atomic E-state index is 12.2. The number of amides is 1. The highest BCUT2D eigenvalue weighted by molar-refractivity contribution is 7.89. The first-order valence-corrected chi connectivity index (χ1v) is 9.54. The second-order valence-corrected chi connectivity index (χ2v) is 8.05. The monoisotopic (exact) mass is 372 g/mol. The Hall–Kier alpha value is -1.52. The molecule has 8 nitrogen and oxygen atoms in total. The number of sulfonamides is 1. The SMILES string of the molecule is CC(C)NC(=O)CC1OC(CNS(=O)(=O)c2ccccc2)C(O)C1O. The molecule has 0 bridgehead atoms. The fraction of sp³-hybridized carbons (Fsp3) is 0.562. The third kappa shape index (κ3) is 5.23. The van der Waals surface area contributed by atoms with Crippen molar-refractivity contribution in [3.63, 3.8) is 0 Å². The lowest BCUT2D eigenvalue weighted by Gasteiger charge is -2.16. The lowest BCUT2D eigenvalue weighted by atomic mass is 10.1. The van der Waals surface area contributed by atoms with Gasteiger partial charge in [-0.05, 0) is 26.0 Å². The predicted molar refractivity (Wildman–Crippen MR) is 90.2 cm³/mol. The van der Waals surface area contributed by atoms with Crippen LogP contribution in [0.15, 0.2) is 35.2 Å². The number of carbonyl (C=O) groups excluding carboxylic acids is 1. The number of rotatable bonds is 7. The van der Waals surface area contributed by atoms with Crippen molar-refractivity contribution in [1.29, 1.82) is 0 Å². The fourth-order valence-electron chi connectivity index (χ4n) is 2.60. The minimum absolute atomic E-state index is 0.0514. The van der Waals surface area contributed by atoms with Crippen LogP contribution in [0.5, 0.6) is 0 Å². The van der Waals surface area contributed by atoms with E-state index in [0.717, 1.165) is 0 Å². The molecular weight excluding hydrogens is 348 g/mol. The molecule has 0 aliphatic carbocycles. The minimum Gasteiger partial charge on any atom is -0.388 e. The van der Waals surface area contributed by atoms with Crippen molar-refractivity contribution in [2.45, 2.75) is 55.6 Å². The van der Waals surface area contributed by atoms with Crippen LogP contribution in [0.4, 0.5) is 0 Å². The number of carbonyl (C=O) groups is 1. The van der Waals surface area contributed by atoms with E-state index in [-0.39, 0.29) is 29.8 Å². The van der Waals surface area contributed by atoms with Crippen LogP contribution in [0.2, 0.25) is 0 Å². The van der Waals surface area contributed by atoms with Gasteiger partial charge in [0.1, 0.15) is 18.3 Å². The van der Waals surface area contributed by atoms with Crippen LogP contribution < -0.4 is 10.0 Å². The molecule has 0 saturated carbocycles. The summed E-state index contributed by atoms with van der Waals surface area (Å²) in [5.74, 6) is -0.309. The molecule has 1 aliphatic rings. The first-order chi connectivity index (χ1) is 11.7. The maximum Gasteiger partial charge on any atom is 0.240 e.